The van der Waals surface area contributed by atoms with Crippen LogP contribution >= 0.6 is 11.3 Å². The number of hydrogen-bond donors (Lipinski definition) is 2. The summed E-state index contributed by atoms with van der Waals surface area (Å²) in [5, 5.41) is 7.36. The fraction of sp³-hybridized carbons (Fsp3) is 0.136. The third-order valence-electron chi connectivity index (χ3n) is 3.98. The highest BCUT2D eigenvalue weighted by molar-refractivity contribution is 7.12. The SMILES string of the molecule is CCCOC(=O)c1ccc(NC(=O)c2ccccc2NC(=O)c2cccs2)cc1. The molecule has 0 bridgehead atoms. The van der Waals surface area contributed by atoms with Crippen molar-refractivity contribution in [3.8, 4) is 0 Å². The maximum Gasteiger partial charge on any atom is 0.338 e. The molecule has 2 amide bonds. The second kappa shape index (κ2) is 9.66. The number of ether oxygens (including phenoxy) is 1. The lowest BCUT2D eigenvalue weighted by Crippen LogP contribution is -2.17. The fourth-order valence-corrected chi connectivity index (χ4v) is 3.17. The predicted molar refractivity (Wildman–Crippen MR) is 114 cm³/mol. The van der Waals surface area contributed by atoms with Crippen molar-refractivity contribution in [3.63, 3.8) is 0 Å². The topological polar surface area (TPSA) is 84.5 Å². The minimum Gasteiger partial charge on any atom is -0.462 e. The normalized spacial score (nSPS) is 10.2. The number of anilines is 2. The number of rotatable bonds is 7. The van der Waals surface area contributed by atoms with Crippen LogP contribution in [0, 0.1) is 0 Å². The van der Waals surface area contributed by atoms with Crippen LogP contribution in [0.4, 0.5) is 11.4 Å². The number of hydrogen-bond acceptors (Lipinski definition) is 5. The Labute approximate surface area is 172 Å². The Morgan fingerprint density at radius 2 is 1.66 bits per heavy atom. The summed E-state index contributed by atoms with van der Waals surface area (Å²) in [6, 6.07) is 16.7. The molecule has 0 saturated carbocycles. The number of amides is 2. The summed E-state index contributed by atoms with van der Waals surface area (Å²) < 4.78 is 5.09. The third kappa shape index (κ3) is 5.30. The van der Waals surface area contributed by atoms with E-state index in [1.807, 2.05) is 12.3 Å². The highest BCUT2D eigenvalue weighted by atomic mass is 32.1. The Balaban J connectivity index is 1.69. The minimum absolute atomic E-state index is 0.268. The molecule has 0 saturated heterocycles. The molecule has 6 nitrogen and oxygen atoms in total. The van der Waals surface area contributed by atoms with Crippen LogP contribution in [-0.4, -0.2) is 24.4 Å². The first-order valence-corrected chi connectivity index (χ1v) is 9.99. The summed E-state index contributed by atoms with van der Waals surface area (Å²) in [5.74, 6) is -1.03. The molecule has 0 aliphatic heterocycles. The molecule has 1 aromatic heterocycles. The average molecular weight is 408 g/mol. The van der Waals surface area contributed by atoms with Gasteiger partial charge >= 0.3 is 5.97 Å². The number of thiophene rings is 1. The van der Waals surface area contributed by atoms with Gasteiger partial charge in [-0.05, 0) is 54.3 Å². The molecule has 0 aliphatic rings. The average Bonchev–Trinajstić information content (AvgIpc) is 3.28. The van der Waals surface area contributed by atoms with Gasteiger partial charge in [-0.25, -0.2) is 4.79 Å². The zero-order chi connectivity index (χ0) is 20.6. The molecule has 2 aromatic carbocycles. The van der Waals surface area contributed by atoms with Gasteiger partial charge in [0.1, 0.15) is 0 Å². The number of esters is 1. The van der Waals surface area contributed by atoms with E-state index in [0.29, 0.717) is 34.0 Å². The van der Waals surface area contributed by atoms with Crippen molar-refractivity contribution < 1.29 is 19.1 Å². The van der Waals surface area contributed by atoms with Gasteiger partial charge in [0, 0.05) is 5.69 Å². The van der Waals surface area contributed by atoms with Crippen molar-refractivity contribution in [2.75, 3.05) is 17.2 Å². The molecule has 7 heteroatoms. The molecule has 148 valence electrons. The lowest BCUT2D eigenvalue weighted by atomic mass is 10.1. The highest BCUT2D eigenvalue weighted by Gasteiger charge is 2.15. The van der Waals surface area contributed by atoms with Crippen molar-refractivity contribution in [1.82, 2.24) is 0 Å². The molecule has 0 unspecified atom stereocenters. The van der Waals surface area contributed by atoms with E-state index < -0.39 is 5.97 Å². The number of benzene rings is 2. The van der Waals surface area contributed by atoms with Gasteiger partial charge in [0.2, 0.25) is 0 Å². The van der Waals surface area contributed by atoms with E-state index in [1.165, 1.54) is 11.3 Å². The first-order valence-electron chi connectivity index (χ1n) is 9.11. The molecule has 3 aromatic rings. The molecule has 0 spiro atoms. The number of nitrogens with one attached hydrogen (secondary N) is 2. The van der Waals surface area contributed by atoms with Crippen LogP contribution in [0.3, 0.4) is 0 Å². The number of para-hydroxylation sites is 1. The first-order chi connectivity index (χ1) is 14.1. The van der Waals surface area contributed by atoms with Crippen molar-refractivity contribution in [3.05, 3.63) is 82.0 Å². The molecular formula is C22H20N2O4S. The van der Waals surface area contributed by atoms with E-state index in [0.717, 1.165) is 6.42 Å². The van der Waals surface area contributed by atoms with Gasteiger partial charge in [-0.15, -0.1) is 11.3 Å². The van der Waals surface area contributed by atoms with Gasteiger partial charge in [-0.2, -0.15) is 0 Å². The molecule has 0 radical (unpaired) electrons. The van der Waals surface area contributed by atoms with E-state index in [2.05, 4.69) is 10.6 Å². The van der Waals surface area contributed by atoms with Gasteiger partial charge in [-0.1, -0.05) is 25.1 Å². The summed E-state index contributed by atoms with van der Waals surface area (Å²) in [5.41, 5.74) is 1.70. The maximum atomic E-state index is 12.7. The quantitative estimate of drug-likeness (QED) is 0.549. The molecule has 2 N–H and O–H groups in total. The smallest absolute Gasteiger partial charge is 0.338 e. The van der Waals surface area contributed by atoms with Crippen molar-refractivity contribution in [2.45, 2.75) is 13.3 Å². The molecular weight excluding hydrogens is 388 g/mol. The molecule has 0 atom stereocenters. The van der Waals surface area contributed by atoms with Crippen LogP contribution in [0.1, 0.15) is 43.7 Å². The lowest BCUT2D eigenvalue weighted by Gasteiger charge is -2.11. The standard InChI is InChI=1S/C22H20N2O4S/c1-2-13-28-22(27)15-9-11-16(12-10-15)23-20(25)17-6-3-4-7-18(17)24-21(26)19-8-5-14-29-19/h3-12,14H,2,13H2,1H3,(H,23,25)(H,24,26). The first kappa shape index (κ1) is 20.3. The monoisotopic (exact) mass is 408 g/mol. The van der Waals surface area contributed by atoms with Crippen molar-refractivity contribution >= 4 is 40.5 Å². The summed E-state index contributed by atoms with van der Waals surface area (Å²) in [6.07, 6.45) is 0.752. The number of carbonyl (C=O) groups excluding carboxylic acids is 3. The molecule has 0 aliphatic carbocycles. The van der Waals surface area contributed by atoms with Crippen LogP contribution in [0.2, 0.25) is 0 Å². The summed E-state index contributed by atoms with van der Waals surface area (Å²) in [7, 11) is 0. The van der Waals surface area contributed by atoms with E-state index in [4.69, 9.17) is 4.74 Å². The van der Waals surface area contributed by atoms with E-state index in [9.17, 15) is 14.4 Å². The zero-order valence-corrected chi connectivity index (χ0v) is 16.6. The second-order valence-electron chi connectivity index (χ2n) is 6.14. The predicted octanol–water partition coefficient (Wildman–Crippen LogP) is 4.82. The van der Waals surface area contributed by atoms with Crippen LogP contribution < -0.4 is 10.6 Å². The van der Waals surface area contributed by atoms with E-state index in [-0.39, 0.29) is 11.8 Å². The molecule has 29 heavy (non-hydrogen) atoms. The van der Waals surface area contributed by atoms with Gasteiger partial charge < -0.3 is 15.4 Å². The van der Waals surface area contributed by atoms with Gasteiger partial charge in [0.15, 0.2) is 0 Å². The van der Waals surface area contributed by atoms with Crippen LogP contribution in [0.25, 0.3) is 0 Å². The molecule has 0 fully saturated rings. The summed E-state index contributed by atoms with van der Waals surface area (Å²) >= 11 is 1.33. The fourth-order valence-electron chi connectivity index (χ4n) is 2.55. The van der Waals surface area contributed by atoms with Crippen molar-refractivity contribution in [1.29, 1.82) is 0 Å². The van der Waals surface area contributed by atoms with Gasteiger partial charge in [0.25, 0.3) is 11.8 Å². The number of carbonyl (C=O) groups is 3. The lowest BCUT2D eigenvalue weighted by molar-refractivity contribution is 0.0505. The minimum atomic E-state index is -0.397. The van der Waals surface area contributed by atoms with Crippen molar-refractivity contribution in [2.24, 2.45) is 0 Å². The van der Waals surface area contributed by atoms with Crippen LogP contribution in [-0.2, 0) is 4.74 Å². The van der Waals surface area contributed by atoms with Crippen LogP contribution in [0.5, 0.6) is 0 Å². The second-order valence-corrected chi connectivity index (χ2v) is 7.09. The summed E-state index contributed by atoms with van der Waals surface area (Å²) in [6.45, 7) is 2.29. The van der Waals surface area contributed by atoms with E-state index >= 15 is 0 Å². The Morgan fingerprint density at radius 1 is 0.897 bits per heavy atom. The highest BCUT2D eigenvalue weighted by Crippen LogP contribution is 2.20. The zero-order valence-electron chi connectivity index (χ0n) is 15.8. The van der Waals surface area contributed by atoms with E-state index in [1.54, 1.807) is 60.7 Å². The van der Waals surface area contributed by atoms with Gasteiger partial charge in [-0.3, -0.25) is 9.59 Å². The molecule has 1 heterocycles. The largest absolute Gasteiger partial charge is 0.462 e. The molecule has 3 rings (SSSR count). The Morgan fingerprint density at radius 3 is 2.34 bits per heavy atom. The maximum absolute atomic E-state index is 12.7. The Kier molecular flexibility index (Phi) is 6.76. The third-order valence-corrected chi connectivity index (χ3v) is 4.85. The summed E-state index contributed by atoms with van der Waals surface area (Å²) in [4.78, 5) is 37.4. The van der Waals surface area contributed by atoms with Gasteiger partial charge in [0.05, 0.1) is 28.3 Å². The Bertz CT molecular complexity index is 998. The van der Waals surface area contributed by atoms with Crippen LogP contribution in [0.15, 0.2) is 66.0 Å². The Hall–Kier alpha value is -3.45.